The molecule has 0 saturated heterocycles. The maximum Gasteiger partial charge on any atom is 0.241 e. The SMILES string of the molecule is COc1ccc(NC(=O)C(C)N(C)Cc2cccc(F)c2)cc1. The van der Waals surface area contributed by atoms with Crippen LogP contribution in [-0.4, -0.2) is 31.0 Å². The van der Waals surface area contributed by atoms with E-state index >= 15 is 0 Å². The molecular formula is C18H21FN2O2. The smallest absolute Gasteiger partial charge is 0.241 e. The normalized spacial score (nSPS) is 12.0. The molecule has 0 saturated carbocycles. The number of likely N-dealkylation sites (N-methyl/N-ethyl adjacent to an activating group) is 1. The Kier molecular flexibility index (Phi) is 5.71. The highest BCUT2D eigenvalue weighted by atomic mass is 19.1. The van der Waals surface area contributed by atoms with Gasteiger partial charge < -0.3 is 10.1 Å². The number of amides is 1. The van der Waals surface area contributed by atoms with Crippen molar-refractivity contribution in [1.82, 2.24) is 4.90 Å². The van der Waals surface area contributed by atoms with Crippen LogP contribution in [0.3, 0.4) is 0 Å². The highest BCUT2D eigenvalue weighted by Gasteiger charge is 2.18. The lowest BCUT2D eigenvalue weighted by Crippen LogP contribution is -2.39. The van der Waals surface area contributed by atoms with Crippen LogP contribution in [0.1, 0.15) is 12.5 Å². The molecule has 4 nitrogen and oxygen atoms in total. The fraction of sp³-hybridized carbons (Fsp3) is 0.278. The van der Waals surface area contributed by atoms with Crippen molar-refractivity contribution in [1.29, 1.82) is 0 Å². The Morgan fingerprint density at radius 1 is 1.26 bits per heavy atom. The van der Waals surface area contributed by atoms with E-state index in [0.717, 1.165) is 11.3 Å². The minimum Gasteiger partial charge on any atom is -0.497 e. The van der Waals surface area contributed by atoms with Gasteiger partial charge in [0.25, 0.3) is 0 Å². The summed E-state index contributed by atoms with van der Waals surface area (Å²) < 4.78 is 18.3. The number of anilines is 1. The molecule has 0 aliphatic heterocycles. The van der Waals surface area contributed by atoms with Gasteiger partial charge in [0.15, 0.2) is 0 Å². The fourth-order valence-corrected chi connectivity index (χ4v) is 2.18. The highest BCUT2D eigenvalue weighted by Crippen LogP contribution is 2.16. The molecule has 1 atom stereocenters. The Morgan fingerprint density at radius 3 is 2.57 bits per heavy atom. The topological polar surface area (TPSA) is 41.6 Å². The minimum absolute atomic E-state index is 0.117. The summed E-state index contributed by atoms with van der Waals surface area (Å²) in [6.07, 6.45) is 0. The molecule has 1 N–H and O–H groups in total. The highest BCUT2D eigenvalue weighted by molar-refractivity contribution is 5.94. The number of nitrogens with zero attached hydrogens (tertiary/aromatic N) is 1. The molecule has 0 aliphatic rings. The standard InChI is InChI=1S/C18H21FN2O2/c1-13(21(2)12-14-5-4-6-15(19)11-14)18(22)20-16-7-9-17(23-3)10-8-16/h4-11,13H,12H2,1-3H3,(H,20,22). The van der Waals surface area contributed by atoms with Crippen LogP contribution in [0.5, 0.6) is 5.75 Å². The Balaban J connectivity index is 1.95. The Labute approximate surface area is 135 Å². The molecule has 0 aromatic heterocycles. The molecular weight excluding hydrogens is 295 g/mol. The van der Waals surface area contributed by atoms with Crippen LogP contribution in [0.2, 0.25) is 0 Å². The average molecular weight is 316 g/mol. The van der Waals surface area contributed by atoms with Crippen molar-refractivity contribution in [3.8, 4) is 5.75 Å². The summed E-state index contributed by atoms with van der Waals surface area (Å²) in [4.78, 5) is 14.2. The second-order valence-electron chi connectivity index (χ2n) is 5.44. The van der Waals surface area contributed by atoms with Gasteiger partial charge in [-0.25, -0.2) is 4.39 Å². The summed E-state index contributed by atoms with van der Waals surface area (Å²) in [6.45, 7) is 2.31. The summed E-state index contributed by atoms with van der Waals surface area (Å²) in [5.41, 5.74) is 1.54. The second-order valence-corrected chi connectivity index (χ2v) is 5.44. The molecule has 0 bridgehead atoms. The molecule has 5 heteroatoms. The first-order chi connectivity index (χ1) is 11.0. The quantitative estimate of drug-likeness (QED) is 0.889. The monoisotopic (exact) mass is 316 g/mol. The molecule has 0 spiro atoms. The zero-order chi connectivity index (χ0) is 16.8. The van der Waals surface area contributed by atoms with Gasteiger partial charge in [0.1, 0.15) is 11.6 Å². The van der Waals surface area contributed by atoms with Gasteiger partial charge in [-0.1, -0.05) is 12.1 Å². The van der Waals surface area contributed by atoms with Crippen LogP contribution in [0.25, 0.3) is 0 Å². The first kappa shape index (κ1) is 17.0. The van der Waals surface area contributed by atoms with Gasteiger partial charge in [-0.3, -0.25) is 9.69 Å². The second kappa shape index (κ2) is 7.74. The number of ether oxygens (including phenoxy) is 1. The van der Waals surface area contributed by atoms with Crippen molar-refractivity contribution in [2.75, 3.05) is 19.5 Å². The van der Waals surface area contributed by atoms with E-state index < -0.39 is 0 Å². The van der Waals surface area contributed by atoms with Crippen LogP contribution in [-0.2, 0) is 11.3 Å². The number of carbonyl (C=O) groups is 1. The third kappa shape index (κ3) is 4.79. The number of hydrogen-bond acceptors (Lipinski definition) is 3. The summed E-state index contributed by atoms with van der Waals surface area (Å²) >= 11 is 0. The van der Waals surface area contributed by atoms with E-state index in [1.54, 1.807) is 37.4 Å². The van der Waals surface area contributed by atoms with Crippen molar-refractivity contribution in [2.45, 2.75) is 19.5 Å². The van der Waals surface area contributed by atoms with Crippen molar-refractivity contribution >= 4 is 11.6 Å². The molecule has 2 aromatic carbocycles. The fourth-order valence-electron chi connectivity index (χ4n) is 2.18. The lowest BCUT2D eigenvalue weighted by Gasteiger charge is -2.24. The number of rotatable bonds is 6. The molecule has 1 amide bonds. The van der Waals surface area contributed by atoms with Gasteiger partial charge in [-0.15, -0.1) is 0 Å². The molecule has 0 heterocycles. The maximum atomic E-state index is 13.2. The Hall–Kier alpha value is -2.40. The van der Waals surface area contributed by atoms with Crippen LogP contribution in [0.4, 0.5) is 10.1 Å². The largest absolute Gasteiger partial charge is 0.497 e. The third-order valence-corrected chi connectivity index (χ3v) is 3.72. The number of halogens is 1. The maximum absolute atomic E-state index is 13.2. The number of benzene rings is 2. The summed E-state index contributed by atoms with van der Waals surface area (Å²) in [5, 5.41) is 2.86. The van der Waals surface area contributed by atoms with Crippen molar-refractivity contribution in [2.24, 2.45) is 0 Å². The predicted octanol–water partition coefficient (Wildman–Crippen LogP) is 3.29. The average Bonchev–Trinajstić information content (AvgIpc) is 2.54. The molecule has 0 aliphatic carbocycles. The number of hydrogen-bond donors (Lipinski definition) is 1. The molecule has 122 valence electrons. The molecule has 1 unspecified atom stereocenters. The van der Waals surface area contributed by atoms with Gasteiger partial charge in [-0.05, 0) is 55.9 Å². The van der Waals surface area contributed by atoms with E-state index in [-0.39, 0.29) is 17.8 Å². The predicted molar refractivity (Wildman–Crippen MR) is 89.0 cm³/mol. The van der Waals surface area contributed by atoms with Crippen LogP contribution in [0, 0.1) is 5.82 Å². The van der Waals surface area contributed by atoms with E-state index in [9.17, 15) is 9.18 Å². The molecule has 0 fully saturated rings. The lowest BCUT2D eigenvalue weighted by atomic mass is 10.2. The summed E-state index contributed by atoms with van der Waals surface area (Å²) in [7, 11) is 3.43. The van der Waals surface area contributed by atoms with E-state index in [4.69, 9.17) is 4.74 Å². The van der Waals surface area contributed by atoms with Crippen LogP contribution < -0.4 is 10.1 Å². The van der Waals surface area contributed by atoms with E-state index in [0.29, 0.717) is 12.2 Å². The zero-order valence-corrected chi connectivity index (χ0v) is 13.5. The number of carbonyl (C=O) groups excluding carboxylic acids is 1. The number of nitrogens with one attached hydrogen (secondary N) is 1. The Morgan fingerprint density at radius 2 is 1.96 bits per heavy atom. The summed E-state index contributed by atoms with van der Waals surface area (Å²) in [6, 6.07) is 13.2. The van der Waals surface area contributed by atoms with Crippen molar-refractivity contribution in [3.05, 3.63) is 59.9 Å². The summed E-state index contributed by atoms with van der Waals surface area (Å²) in [5.74, 6) is 0.347. The van der Waals surface area contributed by atoms with Crippen LogP contribution >= 0.6 is 0 Å². The van der Waals surface area contributed by atoms with Gasteiger partial charge in [0, 0.05) is 12.2 Å². The lowest BCUT2D eigenvalue weighted by molar-refractivity contribution is -0.120. The van der Waals surface area contributed by atoms with Crippen LogP contribution in [0.15, 0.2) is 48.5 Å². The van der Waals surface area contributed by atoms with E-state index in [1.165, 1.54) is 12.1 Å². The van der Waals surface area contributed by atoms with Gasteiger partial charge in [0.05, 0.1) is 13.2 Å². The van der Waals surface area contributed by atoms with E-state index in [1.807, 2.05) is 24.9 Å². The molecule has 0 radical (unpaired) electrons. The Bertz CT molecular complexity index is 658. The zero-order valence-electron chi connectivity index (χ0n) is 13.5. The van der Waals surface area contributed by atoms with Gasteiger partial charge >= 0.3 is 0 Å². The first-order valence-electron chi connectivity index (χ1n) is 7.39. The van der Waals surface area contributed by atoms with Crippen molar-refractivity contribution < 1.29 is 13.9 Å². The first-order valence-corrected chi connectivity index (χ1v) is 7.39. The van der Waals surface area contributed by atoms with Crippen molar-refractivity contribution in [3.63, 3.8) is 0 Å². The molecule has 2 aromatic rings. The molecule has 23 heavy (non-hydrogen) atoms. The van der Waals surface area contributed by atoms with Gasteiger partial charge in [0.2, 0.25) is 5.91 Å². The van der Waals surface area contributed by atoms with E-state index in [2.05, 4.69) is 5.32 Å². The minimum atomic E-state index is -0.347. The van der Waals surface area contributed by atoms with Gasteiger partial charge in [-0.2, -0.15) is 0 Å². The molecule has 2 rings (SSSR count). The number of methoxy groups -OCH3 is 1. The third-order valence-electron chi connectivity index (χ3n) is 3.72.